The molecule has 1 fully saturated rings. The maximum Gasteiger partial charge on any atom is 0.220 e. The summed E-state index contributed by atoms with van der Waals surface area (Å²) >= 11 is 0. The molecule has 7 heteroatoms. The first kappa shape index (κ1) is 23.4. The van der Waals surface area contributed by atoms with Crippen molar-refractivity contribution in [1.82, 2.24) is 20.4 Å². The summed E-state index contributed by atoms with van der Waals surface area (Å²) in [5.41, 5.74) is 0. The normalized spacial score (nSPS) is 17.4. The van der Waals surface area contributed by atoms with Crippen molar-refractivity contribution in [3.8, 4) is 0 Å². The van der Waals surface area contributed by atoms with E-state index in [0.717, 1.165) is 45.0 Å². The van der Waals surface area contributed by atoms with E-state index in [0.29, 0.717) is 18.4 Å². The number of rotatable bonds is 7. The Morgan fingerprint density at radius 2 is 2.00 bits per heavy atom. The van der Waals surface area contributed by atoms with Gasteiger partial charge in [0.1, 0.15) is 0 Å². The van der Waals surface area contributed by atoms with Crippen molar-refractivity contribution in [1.29, 1.82) is 0 Å². The predicted molar refractivity (Wildman–Crippen MR) is 112 cm³/mol. The van der Waals surface area contributed by atoms with E-state index < -0.39 is 0 Å². The van der Waals surface area contributed by atoms with Crippen LogP contribution in [0.2, 0.25) is 0 Å². The standard InChI is InChI=1S/C17H35N5O.HI/c1-6-14(2)21(5)12-9-20-17(19-4)22-10-7-15(8-11-22)13-16(23)18-3;/h14-15H,6-13H2,1-5H3,(H,18,23)(H,19,20);1H. The molecule has 2 N–H and O–H groups in total. The third kappa shape index (κ3) is 8.00. The Morgan fingerprint density at radius 1 is 1.38 bits per heavy atom. The molecule has 24 heavy (non-hydrogen) atoms. The number of hydrogen-bond acceptors (Lipinski definition) is 3. The van der Waals surface area contributed by atoms with E-state index in [-0.39, 0.29) is 29.9 Å². The Bertz CT molecular complexity index is 383. The number of guanidine groups is 1. The predicted octanol–water partition coefficient (Wildman–Crippen LogP) is 1.76. The molecule has 0 saturated carbocycles. The lowest BCUT2D eigenvalue weighted by atomic mass is 9.93. The molecule has 0 aromatic rings. The quantitative estimate of drug-likeness (QED) is 0.351. The Morgan fingerprint density at radius 3 is 2.50 bits per heavy atom. The second-order valence-corrected chi connectivity index (χ2v) is 6.52. The lowest BCUT2D eigenvalue weighted by Gasteiger charge is -2.34. The number of hydrogen-bond donors (Lipinski definition) is 2. The SMILES string of the molecule is CCC(C)N(C)CCNC(=NC)N1CCC(CC(=O)NC)CC1.I. The number of aliphatic imine (C=N–C) groups is 1. The highest BCUT2D eigenvalue weighted by atomic mass is 127. The molecule has 1 aliphatic heterocycles. The molecule has 1 atom stereocenters. The van der Waals surface area contributed by atoms with E-state index in [1.165, 1.54) is 6.42 Å². The summed E-state index contributed by atoms with van der Waals surface area (Å²) in [5, 5.41) is 6.19. The van der Waals surface area contributed by atoms with Crippen LogP contribution in [0, 0.1) is 5.92 Å². The van der Waals surface area contributed by atoms with Gasteiger partial charge in [-0.2, -0.15) is 0 Å². The van der Waals surface area contributed by atoms with Gasteiger partial charge in [-0.25, -0.2) is 0 Å². The summed E-state index contributed by atoms with van der Waals surface area (Å²) in [7, 11) is 5.72. The molecule has 0 radical (unpaired) electrons. The van der Waals surface area contributed by atoms with Crippen LogP contribution < -0.4 is 10.6 Å². The average molecular weight is 453 g/mol. The van der Waals surface area contributed by atoms with Crippen LogP contribution in [0.15, 0.2) is 4.99 Å². The third-order valence-corrected chi connectivity index (χ3v) is 4.97. The molecule has 1 amide bonds. The van der Waals surface area contributed by atoms with Gasteiger partial charge in [-0.15, -0.1) is 24.0 Å². The number of halogens is 1. The number of nitrogens with zero attached hydrogens (tertiary/aromatic N) is 3. The van der Waals surface area contributed by atoms with Crippen LogP contribution in [0.3, 0.4) is 0 Å². The fourth-order valence-corrected chi connectivity index (χ4v) is 2.92. The minimum Gasteiger partial charge on any atom is -0.359 e. The smallest absolute Gasteiger partial charge is 0.220 e. The topological polar surface area (TPSA) is 60.0 Å². The number of piperidine rings is 1. The Hall–Kier alpha value is -0.570. The highest BCUT2D eigenvalue weighted by Crippen LogP contribution is 2.20. The van der Waals surface area contributed by atoms with E-state index >= 15 is 0 Å². The monoisotopic (exact) mass is 453 g/mol. The van der Waals surface area contributed by atoms with Gasteiger partial charge in [-0.05, 0) is 39.2 Å². The first-order valence-electron chi connectivity index (χ1n) is 8.88. The third-order valence-electron chi connectivity index (χ3n) is 4.97. The van der Waals surface area contributed by atoms with Gasteiger partial charge in [0.05, 0.1) is 0 Å². The van der Waals surface area contributed by atoms with E-state index in [2.05, 4.69) is 46.3 Å². The zero-order chi connectivity index (χ0) is 17.2. The van der Waals surface area contributed by atoms with Gasteiger partial charge in [-0.3, -0.25) is 9.79 Å². The summed E-state index contributed by atoms with van der Waals surface area (Å²) in [5.74, 6) is 1.64. The number of likely N-dealkylation sites (tertiary alicyclic amines) is 1. The number of likely N-dealkylation sites (N-methyl/N-ethyl adjacent to an activating group) is 1. The van der Waals surface area contributed by atoms with Crippen LogP contribution in [0.4, 0.5) is 0 Å². The first-order valence-corrected chi connectivity index (χ1v) is 8.88. The molecule has 0 spiro atoms. The largest absolute Gasteiger partial charge is 0.359 e. The summed E-state index contributed by atoms with van der Waals surface area (Å²) in [6.07, 6.45) is 3.93. The van der Waals surface area contributed by atoms with Crippen molar-refractivity contribution in [2.24, 2.45) is 10.9 Å². The van der Waals surface area contributed by atoms with E-state index in [9.17, 15) is 4.79 Å². The summed E-state index contributed by atoms with van der Waals surface area (Å²) < 4.78 is 0. The van der Waals surface area contributed by atoms with Gasteiger partial charge >= 0.3 is 0 Å². The van der Waals surface area contributed by atoms with Crippen LogP contribution >= 0.6 is 24.0 Å². The number of amides is 1. The van der Waals surface area contributed by atoms with Crippen LogP contribution in [0.25, 0.3) is 0 Å². The Balaban J connectivity index is 0.00000529. The van der Waals surface area contributed by atoms with Crippen molar-refractivity contribution in [2.75, 3.05) is 47.3 Å². The summed E-state index contributed by atoms with van der Waals surface area (Å²) in [4.78, 5) is 20.6. The maximum atomic E-state index is 11.5. The first-order chi connectivity index (χ1) is 11.0. The summed E-state index contributed by atoms with van der Waals surface area (Å²) in [6.45, 7) is 8.35. The lowest BCUT2D eigenvalue weighted by molar-refractivity contribution is -0.121. The minimum atomic E-state index is 0. The van der Waals surface area contributed by atoms with Crippen LogP contribution in [0.5, 0.6) is 0 Å². The molecule has 6 nitrogen and oxygen atoms in total. The van der Waals surface area contributed by atoms with E-state index in [4.69, 9.17) is 0 Å². The van der Waals surface area contributed by atoms with Crippen molar-refractivity contribution < 1.29 is 4.79 Å². The molecule has 0 aromatic heterocycles. The molecule has 1 unspecified atom stereocenters. The highest BCUT2D eigenvalue weighted by molar-refractivity contribution is 14.0. The molecular weight excluding hydrogens is 417 g/mol. The van der Waals surface area contributed by atoms with Crippen LogP contribution in [0.1, 0.15) is 39.5 Å². The average Bonchev–Trinajstić information content (AvgIpc) is 2.58. The highest BCUT2D eigenvalue weighted by Gasteiger charge is 2.23. The van der Waals surface area contributed by atoms with Gasteiger partial charge < -0.3 is 20.4 Å². The molecule has 1 aliphatic rings. The van der Waals surface area contributed by atoms with Gasteiger partial charge in [-0.1, -0.05) is 6.92 Å². The van der Waals surface area contributed by atoms with E-state index in [1.807, 2.05) is 7.05 Å². The number of nitrogens with one attached hydrogen (secondary N) is 2. The minimum absolute atomic E-state index is 0. The van der Waals surface area contributed by atoms with Gasteiger partial charge in [0.2, 0.25) is 5.91 Å². The zero-order valence-electron chi connectivity index (χ0n) is 16.0. The molecular formula is C17H36IN5O. The van der Waals surface area contributed by atoms with Crippen molar-refractivity contribution >= 4 is 35.8 Å². The lowest BCUT2D eigenvalue weighted by Crippen LogP contribution is -2.48. The van der Waals surface area contributed by atoms with Gasteiger partial charge in [0.25, 0.3) is 0 Å². The summed E-state index contributed by atoms with van der Waals surface area (Å²) in [6, 6.07) is 0.610. The molecule has 1 rings (SSSR count). The molecule has 0 aliphatic carbocycles. The molecule has 142 valence electrons. The van der Waals surface area contributed by atoms with Crippen LogP contribution in [-0.2, 0) is 4.79 Å². The molecule has 0 bridgehead atoms. The Kier molecular flexibility index (Phi) is 12.4. The number of carbonyl (C=O) groups excluding carboxylic acids is 1. The maximum absolute atomic E-state index is 11.5. The second-order valence-electron chi connectivity index (χ2n) is 6.52. The van der Waals surface area contributed by atoms with Gasteiger partial charge in [0, 0.05) is 52.7 Å². The Labute approximate surface area is 164 Å². The van der Waals surface area contributed by atoms with Crippen molar-refractivity contribution in [3.05, 3.63) is 0 Å². The zero-order valence-corrected chi connectivity index (χ0v) is 18.3. The van der Waals surface area contributed by atoms with Crippen molar-refractivity contribution in [3.63, 3.8) is 0 Å². The van der Waals surface area contributed by atoms with Crippen LogP contribution in [-0.4, -0.2) is 75.0 Å². The molecule has 0 aromatic carbocycles. The van der Waals surface area contributed by atoms with Crippen molar-refractivity contribution in [2.45, 2.75) is 45.6 Å². The second kappa shape index (κ2) is 12.7. The fourth-order valence-electron chi connectivity index (χ4n) is 2.92. The number of carbonyl (C=O) groups is 1. The van der Waals surface area contributed by atoms with E-state index in [1.54, 1.807) is 7.05 Å². The molecule has 1 saturated heterocycles. The van der Waals surface area contributed by atoms with Gasteiger partial charge in [0.15, 0.2) is 5.96 Å². The fraction of sp³-hybridized carbons (Fsp3) is 0.882. The molecule has 1 heterocycles.